The molecule has 172 valence electrons. The second kappa shape index (κ2) is 12.6. The Kier molecular flexibility index (Phi) is 9.92. The summed E-state index contributed by atoms with van der Waals surface area (Å²) >= 11 is 0. The average Bonchev–Trinajstić information content (AvgIpc) is 2.77. The van der Waals surface area contributed by atoms with E-state index in [1.807, 2.05) is 61.5 Å². The lowest BCUT2D eigenvalue weighted by molar-refractivity contribution is -0.142. The predicted molar refractivity (Wildman–Crippen MR) is 124 cm³/mol. The average molecular weight is 440 g/mol. The molecule has 0 aliphatic heterocycles. The molecule has 2 aromatic carbocycles. The molecule has 0 saturated carbocycles. The maximum Gasteiger partial charge on any atom is 0.306 e. The highest BCUT2D eigenvalue weighted by atomic mass is 16.4. The van der Waals surface area contributed by atoms with Crippen molar-refractivity contribution < 1.29 is 24.6 Å². The zero-order valence-corrected chi connectivity index (χ0v) is 18.8. The van der Waals surface area contributed by atoms with Crippen LogP contribution in [0.25, 0.3) is 11.1 Å². The Balaban J connectivity index is 2.14. The van der Waals surface area contributed by atoms with E-state index < -0.39 is 29.8 Å². The second-order valence-corrected chi connectivity index (χ2v) is 8.38. The van der Waals surface area contributed by atoms with Gasteiger partial charge in [0, 0.05) is 12.0 Å². The number of nitrogens with one attached hydrogen (secondary N) is 1. The molecule has 1 amide bonds. The predicted octanol–water partition coefficient (Wildman–Crippen LogP) is 4.77. The first-order valence-corrected chi connectivity index (χ1v) is 11.2. The van der Waals surface area contributed by atoms with Crippen LogP contribution in [0, 0.1) is 11.8 Å². The van der Waals surface area contributed by atoms with Gasteiger partial charge < -0.3 is 15.5 Å². The fraction of sp³-hybridized carbons (Fsp3) is 0.423. The second-order valence-electron chi connectivity index (χ2n) is 8.38. The summed E-state index contributed by atoms with van der Waals surface area (Å²) in [4.78, 5) is 35.5. The topological polar surface area (TPSA) is 104 Å². The number of rotatable bonds is 13. The fourth-order valence-corrected chi connectivity index (χ4v) is 3.78. The molecule has 0 aliphatic carbocycles. The van der Waals surface area contributed by atoms with Crippen LogP contribution < -0.4 is 5.32 Å². The summed E-state index contributed by atoms with van der Waals surface area (Å²) in [5.41, 5.74) is 3.17. The number of hydrogen-bond donors (Lipinski definition) is 3. The Morgan fingerprint density at radius 1 is 0.938 bits per heavy atom. The Morgan fingerprint density at radius 3 is 2.12 bits per heavy atom. The van der Waals surface area contributed by atoms with Crippen LogP contribution in [0.3, 0.4) is 0 Å². The van der Waals surface area contributed by atoms with E-state index in [1.165, 1.54) is 0 Å². The third-order valence-electron chi connectivity index (χ3n) is 5.65. The van der Waals surface area contributed by atoms with E-state index in [4.69, 9.17) is 0 Å². The molecular weight excluding hydrogens is 406 g/mol. The van der Waals surface area contributed by atoms with Gasteiger partial charge in [0.15, 0.2) is 0 Å². The molecule has 2 aromatic rings. The van der Waals surface area contributed by atoms with Crippen molar-refractivity contribution in [2.75, 3.05) is 0 Å². The molecule has 0 heterocycles. The standard InChI is InChI=1S/C26H33NO5/c1-3-4-8-22(17-24(28)29)25(30)27-23(15-18(2)26(31)32)16-19-11-13-21(14-12-19)20-9-6-5-7-10-20/h5-7,9-14,18,22-23H,3-4,8,15-17H2,1-2H3,(H,27,30)(H,28,29)(H,31,32)/t18-,22-,23?/m1/s1. The number of unbranched alkanes of at least 4 members (excludes halogenated alkanes) is 1. The molecule has 0 fully saturated rings. The first kappa shape index (κ1) is 25.1. The Hall–Kier alpha value is -3.15. The summed E-state index contributed by atoms with van der Waals surface area (Å²) < 4.78 is 0. The Morgan fingerprint density at radius 2 is 1.56 bits per heavy atom. The van der Waals surface area contributed by atoms with Crippen LogP contribution in [-0.2, 0) is 20.8 Å². The van der Waals surface area contributed by atoms with E-state index in [0.717, 1.165) is 29.5 Å². The zero-order valence-electron chi connectivity index (χ0n) is 18.8. The molecule has 32 heavy (non-hydrogen) atoms. The van der Waals surface area contributed by atoms with Crippen molar-refractivity contribution in [3.05, 3.63) is 60.2 Å². The molecule has 6 heteroatoms. The van der Waals surface area contributed by atoms with Crippen LogP contribution in [0.4, 0.5) is 0 Å². The van der Waals surface area contributed by atoms with Crippen LogP contribution in [-0.4, -0.2) is 34.1 Å². The van der Waals surface area contributed by atoms with Gasteiger partial charge in [0.25, 0.3) is 0 Å². The van der Waals surface area contributed by atoms with Gasteiger partial charge in [-0.1, -0.05) is 81.3 Å². The van der Waals surface area contributed by atoms with Crippen LogP contribution in [0.1, 0.15) is 51.5 Å². The molecule has 0 radical (unpaired) electrons. The molecule has 1 unspecified atom stereocenters. The van der Waals surface area contributed by atoms with Crippen molar-refractivity contribution in [3.63, 3.8) is 0 Å². The molecule has 0 aromatic heterocycles. The lowest BCUT2D eigenvalue weighted by Crippen LogP contribution is -2.42. The first-order chi connectivity index (χ1) is 15.3. The lowest BCUT2D eigenvalue weighted by atomic mass is 9.93. The van der Waals surface area contributed by atoms with Gasteiger partial charge in [-0.3, -0.25) is 14.4 Å². The van der Waals surface area contributed by atoms with Crippen molar-refractivity contribution in [1.29, 1.82) is 0 Å². The van der Waals surface area contributed by atoms with Gasteiger partial charge in [-0.25, -0.2) is 0 Å². The van der Waals surface area contributed by atoms with Crippen molar-refractivity contribution in [1.82, 2.24) is 5.32 Å². The summed E-state index contributed by atoms with van der Waals surface area (Å²) in [6.45, 7) is 3.61. The molecule has 2 rings (SSSR count). The summed E-state index contributed by atoms with van der Waals surface area (Å²) in [5.74, 6) is -3.48. The van der Waals surface area contributed by atoms with Gasteiger partial charge in [-0.05, 0) is 36.0 Å². The minimum atomic E-state index is -1.01. The molecule has 6 nitrogen and oxygen atoms in total. The number of aliphatic carboxylic acids is 2. The van der Waals surface area contributed by atoms with Gasteiger partial charge in [-0.2, -0.15) is 0 Å². The molecule has 0 aliphatic rings. The Bertz CT molecular complexity index is 879. The van der Waals surface area contributed by atoms with E-state index in [2.05, 4.69) is 5.32 Å². The van der Waals surface area contributed by atoms with Crippen LogP contribution in [0.5, 0.6) is 0 Å². The number of amides is 1. The van der Waals surface area contributed by atoms with E-state index in [1.54, 1.807) is 6.92 Å². The number of benzene rings is 2. The van der Waals surface area contributed by atoms with Crippen molar-refractivity contribution in [2.24, 2.45) is 11.8 Å². The fourth-order valence-electron chi connectivity index (χ4n) is 3.78. The van der Waals surface area contributed by atoms with E-state index >= 15 is 0 Å². The molecule has 3 N–H and O–H groups in total. The van der Waals surface area contributed by atoms with Gasteiger partial charge >= 0.3 is 11.9 Å². The summed E-state index contributed by atoms with van der Waals surface area (Å²) in [7, 11) is 0. The smallest absolute Gasteiger partial charge is 0.306 e. The van der Waals surface area contributed by atoms with Crippen LogP contribution in [0.2, 0.25) is 0 Å². The highest BCUT2D eigenvalue weighted by molar-refractivity contribution is 5.83. The van der Waals surface area contributed by atoms with E-state index in [-0.39, 0.29) is 18.7 Å². The van der Waals surface area contributed by atoms with E-state index in [9.17, 15) is 24.6 Å². The maximum atomic E-state index is 12.9. The minimum absolute atomic E-state index is 0.223. The van der Waals surface area contributed by atoms with Crippen LogP contribution >= 0.6 is 0 Å². The third kappa shape index (κ3) is 8.17. The quantitative estimate of drug-likeness (QED) is 0.417. The number of carbonyl (C=O) groups excluding carboxylic acids is 1. The summed E-state index contributed by atoms with van der Waals surface area (Å²) in [6.07, 6.45) is 2.67. The highest BCUT2D eigenvalue weighted by Gasteiger charge is 2.26. The maximum absolute atomic E-state index is 12.9. The third-order valence-corrected chi connectivity index (χ3v) is 5.65. The number of carbonyl (C=O) groups is 3. The Labute approximate surface area is 189 Å². The molecular formula is C26H33NO5. The number of hydrogen-bond acceptors (Lipinski definition) is 3. The van der Waals surface area contributed by atoms with Crippen molar-refractivity contribution >= 4 is 17.8 Å². The number of carboxylic acid groups (broad SMARTS) is 2. The lowest BCUT2D eigenvalue weighted by Gasteiger charge is -2.24. The van der Waals surface area contributed by atoms with Gasteiger partial charge in [0.05, 0.1) is 12.3 Å². The van der Waals surface area contributed by atoms with Gasteiger partial charge in [-0.15, -0.1) is 0 Å². The zero-order chi connectivity index (χ0) is 23.5. The first-order valence-electron chi connectivity index (χ1n) is 11.2. The van der Waals surface area contributed by atoms with Gasteiger partial charge in [0.1, 0.15) is 0 Å². The minimum Gasteiger partial charge on any atom is -0.481 e. The van der Waals surface area contributed by atoms with Crippen molar-refractivity contribution in [2.45, 2.75) is 58.4 Å². The normalized spacial score (nSPS) is 13.7. The van der Waals surface area contributed by atoms with E-state index in [0.29, 0.717) is 12.8 Å². The largest absolute Gasteiger partial charge is 0.481 e. The molecule has 0 bridgehead atoms. The molecule has 3 atom stereocenters. The highest BCUT2D eigenvalue weighted by Crippen LogP contribution is 2.21. The summed E-state index contributed by atoms with van der Waals surface area (Å²) in [5, 5.41) is 21.5. The van der Waals surface area contributed by atoms with Crippen molar-refractivity contribution in [3.8, 4) is 11.1 Å². The monoisotopic (exact) mass is 439 g/mol. The molecule has 0 saturated heterocycles. The SMILES string of the molecule is CCCC[C@H](CC(=O)O)C(=O)NC(Cc1ccc(-c2ccccc2)cc1)C[C@@H](C)C(=O)O. The summed E-state index contributed by atoms with van der Waals surface area (Å²) in [6, 6.07) is 17.6. The number of carboxylic acids is 2. The molecule has 0 spiro atoms. The van der Waals surface area contributed by atoms with Gasteiger partial charge in [0.2, 0.25) is 5.91 Å². The van der Waals surface area contributed by atoms with Crippen LogP contribution in [0.15, 0.2) is 54.6 Å².